The van der Waals surface area contributed by atoms with Crippen molar-refractivity contribution in [1.82, 2.24) is 10.2 Å². The van der Waals surface area contributed by atoms with Gasteiger partial charge in [-0.1, -0.05) is 24.8 Å². The van der Waals surface area contributed by atoms with Gasteiger partial charge in [0.05, 0.1) is 25.5 Å². The standard InChI is InChI=1S/C22H23N3O5S2/c1-12-7-8-15-16(9-12)32-20(18(15)21(27)29-3)23-17(26)11-31-22-25-24-19(30-22)13-5-4-6-14(10-13)28-2/h4-6,10,12H,7-9,11H2,1-3H3,(H,23,26). The minimum Gasteiger partial charge on any atom is -0.497 e. The van der Waals surface area contributed by atoms with E-state index in [1.54, 1.807) is 13.2 Å². The van der Waals surface area contributed by atoms with Crippen LogP contribution in [0.15, 0.2) is 33.9 Å². The molecule has 1 unspecified atom stereocenters. The van der Waals surface area contributed by atoms with E-state index in [4.69, 9.17) is 13.9 Å². The van der Waals surface area contributed by atoms with E-state index in [0.29, 0.717) is 28.1 Å². The number of thiophene rings is 1. The number of rotatable bonds is 7. The van der Waals surface area contributed by atoms with Gasteiger partial charge in [-0.3, -0.25) is 4.79 Å². The Hall–Kier alpha value is -2.85. The first-order valence-electron chi connectivity index (χ1n) is 10.1. The third-order valence-corrected chi connectivity index (χ3v) is 7.19. The summed E-state index contributed by atoms with van der Waals surface area (Å²) in [7, 11) is 2.94. The summed E-state index contributed by atoms with van der Waals surface area (Å²) in [6.45, 7) is 2.19. The predicted octanol–water partition coefficient (Wildman–Crippen LogP) is 4.45. The van der Waals surface area contributed by atoms with Gasteiger partial charge in [-0.05, 0) is 48.9 Å². The molecule has 4 rings (SSSR count). The predicted molar refractivity (Wildman–Crippen MR) is 122 cm³/mol. The number of nitrogens with one attached hydrogen (secondary N) is 1. The Morgan fingerprint density at radius 3 is 2.94 bits per heavy atom. The lowest BCUT2D eigenvalue weighted by molar-refractivity contribution is -0.113. The van der Waals surface area contributed by atoms with Gasteiger partial charge in [0.2, 0.25) is 11.8 Å². The highest BCUT2D eigenvalue weighted by atomic mass is 32.2. The fraction of sp³-hybridized carbons (Fsp3) is 0.364. The van der Waals surface area contributed by atoms with Crippen LogP contribution in [0.3, 0.4) is 0 Å². The van der Waals surface area contributed by atoms with Gasteiger partial charge in [-0.2, -0.15) is 0 Å². The second-order valence-electron chi connectivity index (χ2n) is 7.49. The second-order valence-corrected chi connectivity index (χ2v) is 9.52. The van der Waals surface area contributed by atoms with Gasteiger partial charge in [0, 0.05) is 10.4 Å². The average Bonchev–Trinajstić information content (AvgIpc) is 3.41. The maximum atomic E-state index is 12.6. The first-order chi connectivity index (χ1) is 15.5. The van der Waals surface area contributed by atoms with E-state index in [1.807, 2.05) is 18.2 Å². The van der Waals surface area contributed by atoms with Crippen molar-refractivity contribution >= 4 is 40.0 Å². The molecule has 1 aliphatic carbocycles. The Bertz CT molecular complexity index is 1140. The van der Waals surface area contributed by atoms with E-state index in [9.17, 15) is 9.59 Å². The number of esters is 1. The Labute approximate surface area is 193 Å². The third kappa shape index (κ3) is 4.81. The molecule has 2 heterocycles. The number of thioether (sulfide) groups is 1. The van der Waals surface area contributed by atoms with E-state index in [1.165, 1.54) is 18.4 Å². The monoisotopic (exact) mass is 473 g/mol. The van der Waals surface area contributed by atoms with Gasteiger partial charge < -0.3 is 19.2 Å². The number of carbonyl (C=O) groups excluding carboxylic acids is 2. The molecule has 0 radical (unpaired) electrons. The van der Waals surface area contributed by atoms with Crippen molar-refractivity contribution in [1.29, 1.82) is 0 Å². The molecule has 8 nitrogen and oxygen atoms in total. The van der Waals surface area contributed by atoms with Gasteiger partial charge >= 0.3 is 5.97 Å². The fourth-order valence-electron chi connectivity index (χ4n) is 3.59. The van der Waals surface area contributed by atoms with Crippen LogP contribution in [0, 0.1) is 5.92 Å². The molecule has 0 aliphatic heterocycles. The highest BCUT2D eigenvalue weighted by Crippen LogP contribution is 2.40. The van der Waals surface area contributed by atoms with Gasteiger partial charge in [-0.15, -0.1) is 21.5 Å². The van der Waals surface area contributed by atoms with Crippen molar-refractivity contribution < 1.29 is 23.5 Å². The molecule has 2 aromatic heterocycles. The van der Waals surface area contributed by atoms with Gasteiger partial charge in [0.15, 0.2) is 0 Å². The molecular weight excluding hydrogens is 450 g/mol. The van der Waals surface area contributed by atoms with Crippen LogP contribution in [0.4, 0.5) is 5.00 Å². The number of hydrogen-bond donors (Lipinski definition) is 1. The average molecular weight is 474 g/mol. The SMILES string of the molecule is COC(=O)c1c(NC(=O)CSc2nnc(-c3cccc(OC)c3)o2)sc2c1CCC(C)C2. The first kappa shape index (κ1) is 22.3. The van der Waals surface area contributed by atoms with Crippen LogP contribution in [0.25, 0.3) is 11.5 Å². The topological polar surface area (TPSA) is 104 Å². The van der Waals surface area contributed by atoms with E-state index >= 15 is 0 Å². The molecule has 1 aromatic carbocycles. The minimum absolute atomic E-state index is 0.0688. The summed E-state index contributed by atoms with van der Waals surface area (Å²) in [5.74, 6) is 0.984. The highest BCUT2D eigenvalue weighted by molar-refractivity contribution is 7.99. The molecule has 1 atom stereocenters. The summed E-state index contributed by atoms with van der Waals surface area (Å²) in [5, 5.41) is 11.7. The number of benzene rings is 1. The molecule has 10 heteroatoms. The van der Waals surface area contributed by atoms with E-state index in [-0.39, 0.29) is 16.9 Å². The highest BCUT2D eigenvalue weighted by Gasteiger charge is 2.29. The van der Waals surface area contributed by atoms with Crippen LogP contribution in [0.5, 0.6) is 5.75 Å². The maximum absolute atomic E-state index is 12.6. The molecule has 1 aliphatic rings. The Kier molecular flexibility index (Phi) is 6.80. The quantitative estimate of drug-likeness (QED) is 0.397. The molecule has 0 spiro atoms. The Morgan fingerprint density at radius 2 is 2.16 bits per heavy atom. The number of nitrogens with zero attached hydrogens (tertiary/aromatic N) is 2. The van der Waals surface area contributed by atoms with Crippen LogP contribution in [0.1, 0.15) is 34.1 Å². The van der Waals surface area contributed by atoms with Gasteiger partial charge in [0.25, 0.3) is 5.22 Å². The molecule has 0 bridgehead atoms. The van der Waals surface area contributed by atoms with Crippen molar-refractivity contribution in [2.24, 2.45) is 5.92 Å². The maximum Gasteiger partial charge on any atom is 0.341 e. The van der Waals surface area contributed by atoms with E-state index in [2.05, 4.69) is 22.4 Å². The molecule has 168 valence electrons. The van der Waals surface area contributed by atoms with Crippen molar-refractivity contribution in [3.63, 3.8) is 0 Å². The van der Waals surface area contributed by atoms with Gasteiger partial charge in [-0.25, -0.2) is 4.79 Å². The van der Waals surface area contributed by atoms with E-state index < -0.39 is 5.97 Å². The number of amides is 1. The van der Waals surface area contributed by atoms with Crippen molar-refractivity contribution in [2.45, 2.75) is 31.4 Å². The molecular formula is C22H23N3O5S2. The van der Waals surface area contributed by atoms with Gasteiger partial charge in [0.1, 0.15) is 10.8 Å². The number of carbonyl (C=O) groups is 2. The number of fused-ring (bicyclic) bond motifs is 1. The van der Waals surface area contributed by atoms with Crippen LogP contribution in [0.2, 0.25) is 0 Å². The fourth-order valence-corrected chi connectivity index (χ4v) is 5.57. The summed E-state index contributed by atoms with van der Waals surface area (Å²) in [5.41, 5.74) is 2.22. The lowest BCUT2D eigenvalue weighted by atomic mass is 9.88. The van der Waals surface area contributed by atoms with Crippen LogP contribution < -0.4 is 10.1 Å². The van der Waals surface area contributed by atoms with Crippen LogP contribution in [-0.4, -0.2) is 42.0 Å². The summed E-state index contributed by atoms with van der Waals surface area (Å²) in [6, 6.07) is 7.29. The van der Waals surface area contributed by atoms with Crippen molar-refractivity contribution in [3.05, 3.63) is 40.3 Å². The third-order valence-electron chi connectivity index (χ3n) is 5.20. The zero-order chi connectivity index (χ0) is 22.7. The van der Waals surface area contributed by atoms with Crippen molar-refractivity contribution in [3.8, 4) is 17.2 Å². The Balaban J connectivity index is 1.43. The van der Waals surface area contributed by atoms with Crippen molar-refractivity contribution in [2.75, 3.05) is 25.3 Å². The Morgan fingerprint density at radius 1 is 1.31 bits per heavy atom. The number of methoxy groups -OCH3 is 2. The first-order valence-corrected chi connectivity index (χ1v) is 11.9. The summed E-state index contributed by atoms with van der Waals surface area (Å²) in [6.07, 6.45) is 2.74. The number of ether oxygens (including phenoxy) is 2. The molecule has 1 amide bonds. The van der Waals surface area contributed by atoms with E-state index in [0.717, 1.165) is 47.0 Å². The lowest BCUT2D eigenvalue weighted by Gasteiger charge is -2.18. The second kappa shape index (κ2) is 9.74. The largest absolute Gasteiger partial charge is 0.497 e. The number of anilines is 1. The molecule has 0 saturated heterocycles. The smallest absolute Gasteiger partial charge is 0.341 e. The zero-order valence-corrected chi connectivity index (χ0v) is 19.6. The molecule has 3 aromatic rings. The zero-order valence-electron chi connectivity index (χ0n) is 18.0. The molecule has 0 fully saturated rings. The molecule has 0 saturated carbocycles. The summed E-state index contributed by atoms with van der Waals surface area (Å²) < 4.78 is 15.8. The normalized spacial score (nSPS) is 15.2. The minimum atomic E-state index is -0.417. The number of aromatic nitrogens is 2. The summed E-state index contributed by atoms with van der Waals surface area (Å²) >= 11 is 2.59. The van der Waals surface area contributed by atoms with Crippen LogP contribution >= 0.6 is 23.1 Å². The molecule has 32 heavy (non-hydrogen) atoms. The lowest BCUT2D eigenvalue weighted by Crippen LogP contribution is -2.17. The number of hydrogen-bond acceptors (Lipinski definition) is 9. The summed E-state index contributed by atoms with van der Waals surface area (Å²) in [4.78, 5) is 26.1. The van der Waals surface area contributed by atoms with Crippen LogP contribution in [-0.2, 0) is 22.4 Å². The molecule has 1 N–H and O–H groups in total.